The summed E-state index contributed by atoms with van der Waals surface area (Å²) in [6, 6.07) is 8.35. The van der Waals surface area contributed by atoms with Gasteiger partial charge < -0.3 is 10.6 Å². The van der Waals surface area contributed by atoms with Gasteiger partial charge in [-0.1, -0.05) is 37.1 Å². The van der Waals surface area contributed by atoms with E-state index in [-0.39, 0.29) is 12.1 Å². The number of nitrogens with two attached hydrogens (primary N) is 1. The van der Waals surface area contributed by atoms with Crippen LogP contribution >= 0.6 is 0 Å². The summed E-state index contributed by atoms with van der Waals surface area (Å²) in [5.74, 6) is 1.24. The number of carbonyl (C=O) groups is 1. The Morgan fingerprint density at radius 3 is 2.74 bits per heavy atom. The Hall–Kier alpha value is -1.51. The van der Waals surface area contributed by atoms with Gasteiger partial charge in [0.1, 0.15) is 0 Å². The van der Waals surface area contributed by atoms with E-state index in [1.54, 1.807) is 0 Å². The molecule has 1 saturated heterocycles. The van der Waals surface area contributed by atoms with Gasteiger partial charge in [0.25, 0.3) is 0 Å². The molecule has 1 saturated carbocycles. The number of nitrogens with zero attached hydrogens (tertiary/aromatic N) is 1. The van der Waals surface area contributed by atoms with E-state index in [1.807, 2.05) is 4.90 Å². The van der Waals surface area contributed by atoms with Crippen LogP contribution in [0.2, 0.25) is 0 Å². The number of rotatable bonds is 1. The molecule has 3 nitrogen and oxygen atoms in total. The maximum atomic E-state index is 11.8. The van der Waals surface area contributed by atoms with Gasteiger partial charge in [0, 0.05) is 6.54 Å². The van der Waals surface area contributed by atoms with Crippen LogP contribution < -0.4 is 5.73 Å². The predicted molar refractivity (Wildman–Crippen MR) is 75.7 cm³/mol. The lowest BCUT2D eigenvalue weighted by atomic mass is 9.76. The van der Waals surface area contributed by atoms with Crippen molar-refractivity contribution >= 4 is 6.03 Å². The Morgan fingerprint density at radius 1 is 1.26 bits per heavy atom. The molecule has 1 aromatic rings. The number of aryl methyl sites for hydroxylation is 1. The van der Waals surface area contributed by atoms with Crippen molar-refractivity contribution in [3.63, 3.8) is 0 Å². The lowest BCUT2D eigenvalue weighted by molar-refractivity contribution is 0.192. The number of likely N-dealkylation sites (tertiary alicyclic amines) is 1. The molecule has 2 fully saturated rings. The van der Waals surface area contributed by atoms with Crippen molar-refractivity contribution in [1.29, 1.82) is 0 Å². The quantitative estimate of drug-likeness (QED) is 0.826. The van der Waals surface area contributed by atoms with Gasteiger partial charge in [0.2, 0.25) is 0 Å². The molecule has 2 amide bonds. The van der Waals surface area contributed by atoms with Crippen LogP contribution in [0.5, 0.6) is 0 Å². The summed E-state index contributed by atoms with van der Waals surface area (Å²) < 4.78 is 0. The highest BCUT2D eigenvalue weighted by Gasteiger charge is 2.44. The third-order valence-electron chi connectivity index (χ3n) is 4.93. The van der Waals surface area contributed by atoms with Gasteiger partial charge in [0.05, 0.1) is 6.04 Å². The van der Waals surface area contributed by atoms with Crippen LogP contribution in [0.15, 0.2) is 24.3 Å². The standard InChI is InChI=1S/C16H22N2O/c1-11-6-2-4-8-13(11)15-14-9-5-3-7-12(14)10-18(15)16(17)19/h2,4,6,8,12,14-15H,3,5,7,9-10H2,1H3,(H2,17,19). The van der Waals surface area contributed by atoms with E-state index < -0.39 is 0 Å². The molecule has 0 spiro atoms. The van der Waals surface area contributed by atoms with Gasteiger partial charge in [-0.3, -0.25) is 0 Å². The molecular formula is C16H22N2O. The predicted octanol–water partition coefficient (Wildman–Crippen LogP) is 3.24. The molecule has 19 heavy (non-hydrogen) atoms. The number of primary amides is 1. The first-order valence-corrected chi connectivity index (χ1v) is 7.30. The maximum Gasteiger partial charge on any atom is 0.315 e. The Morgan fingerprint density at radius 2 is 2.00 bits per heavy atom. The molecule has 0 bridgehead atoms. The zero-order valence-electron chi connectivity index (χ0n) is 11.5. The normalized spacial score (nSPS) is 30.2. The van der Waals surface area contributed by atoms with Crippen molar-refractivity contribution in [2.75, 3.05) is 6.54 Å². The lowest BCUT2D eigenvalue weighted by Crippen LogP contribution is -2.36. The monoisotopic (exact) mass is 258 g/mol. The van der Waals surface area contributed by atoms with Gasteiger partial charge in [-0.15, -0.1) is 0 Å². The SMILES string of the molecule is Cc1ccccc1C1C2CCCCC2CN1C(N)=O. The third kappa shape index (κ3) is 2.11. The van der Waals surface area contributed by atoms with Crippen LogP contribution in [-0.4, -0.2) is 17.5 Å². The number of carbonyl (C=O) groups excluding carboxylic acids is 1. The molecule has 3 atom stereocenters. The molecule has 3 heteroatoms. The Labute approximate surface area is 114 Å². The molecule has 2 N–H and O–H groups in total. The van der Waals surface area contributed by atoms with Crippen molar-refractivity contribution in [3.05, 3.63) is 35.4 Å². The van der Waals surface area contributed by atoms with Crippen molar-refractivity contribution in [2.45, 2.75) is 38.6 Å². The van der Waals surface area contributed by atoms with E-state index in [4.69, 9.17) is 5.73 Å². The first-order valence-electron chi connectivity index (χ1n) is 7.30. The minimum atomic E-state index is -0.261. The number of urea groups is 1. The second-order valence-electron chi connectivity index (χ2n) is 6.00. The topological polar surface area (TPSA) is 46.3 Å². The van der Waals surface area contributed by atoms with Gasteiger partial charge >= 0.3 is 6.03 Å². The van der Waals surface area contributed by atoms with E-state index in [2.05, 4.69) is 31.2 Å². The fourth-order valence-corrected chi connectivity index (χ4v) is 4.02. The highest BCUT2D eigenvalue weighted by Crippen LogP contribution is 2.48. The van der Waals surface area contributed by atoms with Crippen LogP contribution in [0, 0.1) is 18.8 Å². The summed E-state index contributed by atoms with van der Waals surface area (Å²) in [4.78, 5) is 13.7. The average Bonchev–Trinajstić information content (AvgIpc) is 2.79. The fraction of sp³-hybridized carbons (Fsp3) is 0.562. The summed E-state index contributed by atoms with van der Waals surface area (Å²) >= 11 is 0. The second kappa shape index (κ2) is 4.87. The Balaban J connectivity index is 1.99. The molecule has 0 aromatic heterocycles. The van der Waals surface area contributed by atoms with Crippen molar-refractivity contribution in [1.82, 2.24) is 4.90 Å². The zero-order chi connectivity index (χ0) is 13.4. The Kier molecular flexibility index (Phi) is 3.21. The molecular weight excluding hydrogens is 236 g/mol. The molecule has 0 radical (unpaired) electrons. The van der Waals surface area contributed by atoms with Crippen LogP contribution in [0.25, 0.3) is 0 Å². The number of fused-ring (bicyclic) bond motifs is 1. The number of hydrogen-bond donors (Lipinski definition) is 1. The summed E-state index contributed by atoms with van der Waals surface area (Å²) in [7, 11) is 0. The van der Waals surface area contributed by atoms with E-state index >= 15 is 0 Å². The Bertz CT molecular complexity index is 485. The molecule has 1 aliphatic heterocycles. The first-order chi connectivity index (χ1) is 9.18. The molecule has 3 unspecified atom stereocenters. The van der Waals surface area contributed by atoms with E-state index in [0.29, 0.717) is 11.8 Å². The number of hydrogen-bond acceptors (Lipinski definition) is 1. The zero-order valence-corrected chi connectivity index (χ0v) is 11.5. The van der Waals surface area contributed by atoms with Crippen LogP contribution in [0.4, 0.5) is 4.79 Å². The van der Waals surface area contributed by atoms with Gasteiger partial charge in [-0.25, -0.2) is 4.79 Å². The molecule has 3 rings (SSSR count). The highest BCUT2D eigenvalue weighted by molar-refractivity contribution is 5.73. The summed E-state index contributed by atoms with van der Waals surface area (Å²) in [6.07, 6.45) is 5.06. The lowest BCUT2D eigenvalue weighted by Gasteiger charge is -2.31. The van der Waals surface area contributed by atoms with E-state index in [0.717, 1.165) is 6.54 Å². The molecule has 102 valence electrons. The third-order valence-corrected chi connectivity index (χ3v) is 4.93. The van der Waals surface area contributed by atoms with Gasteiger partial charge in [-0.2, -0.15) is 0 Å². The summed E-state index contributed by atoms with van der Waals surface area (Å²) in [5.41, 5.74) is 8.17. The van der Waals surface area contributed by atoms with E-state index in [9.17, 15) is 4.79 Å². The van der Waals surface area contributed by atoms with Gasteiger partial charge in [-0.05, 0) is 42.7 Å². The largest absolute Gasteiger partial charge is 0.351 e. The summed E-state index contributed by atoms with van der Waals surface area (Å²) in [5, 5.41) is 0. The number of amides is 2. The molecule has 2 aliphatic rings. The van der Waals surface area contributed by atoms with Crippen molar-refractivity contribution in [3.8, 4) is 0 Å². The van der Waals surface area contributed by atoms with E-state index in [1.165, 1.54) is 36.8 Å². The number of benzene rings is 1. The van der Waals surface area contributed by atoms with Gasteiger partial charge in [0.15, 0.2) is 0 Å². The second-order valence-corrected chi connectivity index (χ2v) is 6.00. The van der Waals surface area contributed by atoms with Crippen LogP contribution in [0.1, 0.15) is 42.9 Å². The molecule has 1 aliphatic carbocycles. The van der Waals surface area contributed by atoms with Crippen molar-refractivity contribution in [2.24, 2.45) is 17.6 Å². The van der Waals surface area contributed by atoms with Crippen LogP contribution in [0.3, 0.4) is 0 Å². The highest BCUT2D eigenvalue weighted by atomic mass is 16.2. The smallest absolute Gasteiger partial charge is 0.315 e. The van der Waals surface area contributed by atoms with Crippen LogP contribution in [-0.2, 0) is 0 Å². The minimum absolute atomic E-state index is 0.198. The maximum absolute atomic E-state index is 11.8. The fourth-order valence-electron chi connectivity index (χ4n) is 4.02. The van der Waals surface area contributed by atoms with Crippen molar-refractivity contribution < 1.29 is 4.79 Å². The summed E-state index contributed by atoms with van der Waals surface area (Å²) in [6.45, 7) is 2.98. The minimum Gasteiger partial charge on any atom is -0.351 e. The molecule has 1 aromatic carbocycles. The first kappa shape index (κ1) is 12.5. The average molecular weight is 258 g/mol. The molecule has 1 heterocycles.